The zero-order valence-corrected chi connectivity index (χ0v) is 12.5. The molecule has 3 heteroatoms. The smallest absolute Gasteiger partial charge is 0.0443 e. The summed E-state index contributed by atoms with van der Waals surface area (Å²) >= 11 is 0. The highest BCUT2D eigenvalue weighted by Crippen LogP contribution is 2.24. The molecule has 2 atom stereocenters. The standard InChI is InChI=1S/C15H32N2O/c1-13(2)17(10-7-11-18)12-14-8-5-4-6-9-15(14)16-3/h13-16,18H,4-12H2,1-3H3. The summed E-state index contributed by atoms with van der Waals surface area (Å²) in [5.41, 5.74) is 0. The molecular weight excluding hydrogens is 224 g/mol. The van der Waals surface area contributed by atoms with Crippen LogP contribution in [0.2, 0.25) is 0 Å². The molecule has 2 N–H and O–H groups in total. The van der Waals surface area contributed by atoms with Crippen molar-refractivity contribution < 1.29 is 5.11 Å². The molecule has 0 aliphatic heterocycles. The van der Waals surface area contributed by atoms with Crippen molar-refractivity contribution in [1.29, 1.82) is 0 Å². The third-order valence-electron chi connectivity index (χ3n) is 4.33. The highest BCUT2D eigenvalue weighted by atomic mass is 16.3. The first-order valence-corrected chi connectivity index (χ1v) is 7.71. The van der Waals surface area contributed by atoms with Crippen LogP contribution in [0.1, 0.15) is 52.4 Å². The fraction of sp³-hybridized carbons (Fsp3) is 1.00. The molecule has 0 aromatic heterocycles. The van der Waals surface area contributed by atoms with Crippen LogP contribution in [-0.4, -0.2) is 48.8 Å². The van der Waals surface area contributed by atoms with Gasteiger partial charge in [0.05, 0.1) is 0 Å². The molecule has 108 valence electrons. The van der Waals surface area contributed by atoms with Crippen LogP contribution < -0.4 is 5.32 Å². The van der Waals surface area contributed by atoms with Gasteiger partial charge in [-0.25, -0.2) is 0 Å². The second-order valence-corrected chi connectivity index (χ2v) is 5.96. The Bertz CT molecular complexity index is 209. The van der Waals surface area contributed by atoms with Gasteiger partial charge in [-0.3, -0.25) is 0 Å². The van der Waals surface area contributed by atoms with Gasteiger partial charge in [-0.15, -0.1) is 0 Å². The van der Waals surface area contributed by atoms with Crippen LogP contribution >= 0.6 is 0 Å². The molecule has 0 heterocycles. The Morgan fingerprint density at radius 2 is 1.94 bits per heavy atom. The number of nitrogens with one attached hydrogen (secondary N) is 1. The Hall–Kier alpha value is -0.120. The molecule has 1 saturated carbocycles. The van der Waals surface area contributed by atoms with Crippen LogP contribution in [0.4, 0.5) is 0 Å². The average Bonchev–Trinajstić information content (AvgIpc) is 2.58. The Morgan fingerprint density at radius 3 is 2.56 bits per heavy atom. The zero-order valence-electron chi connectivity index (χ0n) is 12.5. The fourth-order valence-corrected chi connectivity index (χ4v) is 3.12. The van der Waals surface area contributed by atoms with Gasteiger partial charge in [-0.05, 0) is 46.1 Å². The normalized spacial score (nSPS) is 25.7. The minimum absolute atomic E-state index is 0.309. The summed E-state index contributed by atoms with van der Waals surface area (Å²) in [5.74, 6) is 0.776. The molecule has 0 spiro atoms. The molecular formula is C15H32N2O. The predicted molar refractivity (Wildman–Crippen MR) is 77.8 cm³/mol. The van der Waals surface area contributed by atoms with Crippen LogP contribution in [0, 0.1) is 5.92 Å². The van der Waals surface area contributed by atoms with Gasteiger partial charge in [0.1, 0.15) is 0 Å². The largest absolute Gasteiger partial charge is 0.396 e. The molecule has 1 rings (SSSR count). The highest BCUT2D eigenvalue weighted by molar-refractivity contribution is 4.81. The second kappa shape index (κ2) is 8.89. The minimum Gasteiger partial charge on any atom is -0.396 e. The quantitative estimate of drug-likeness (QED) is 0.686. The van der Waals surface area contributed by atoms with E-state index >= 15 is 0 Å². The topological polar surface area (TPSA) is 35.5 Å². The first-order chi connectivity index (χ1) is 8.69. The predicted octanol–water partition coefficient (Wildman–Crippen LogP) is 2.25. The van der Waals surface area contributed by atoms with E-state index in [0.717, 1.165) is 18.9 Å². The van der Waals surface area contributed by atoms with Crippen molar-refractivity contribution in [2.24, 2.45) is 5.92 Å². The van der Waals surface area contributed by atoms with Crippen LogP contribution in [0.25, 0.3) is 0 Å². The van der Waals surface area contributed by atoms with Gasteiger partial charge in [0.2, 0.25) is 0 Å². The van der Waals surface area contributed by atoms with E-state index in [9.17, 15) is 0 Å². The Labute approximate surface area is 113 Å². The maximum absolute atomic E-state index is 9.01. The van der Waals surface area contributed by atoms with Crippen LogP contribution in [-0.2, 0) is 0 Å². The monoisotopic (exact) mass is 256 g/mol. The first kappa shape index (κ1) is 15.9. The Morgan fingerprint density at radius 1 is 1.22 bits per heavy atom. The lowest BCUT2D eigenvalue weighted by atomic mass is 9.93. The van der Waals surface area contributed by atoms with Crippen molar-refractivity contribution in [1.82, 2.24) is 10.2 Å². The lowest BCUT2D eigenvalue weighted by Crippen LogP contribution is -2.43. The molecule has 1 aliphatic carbocycles. The third-order valence-corrected chi connectivity index (χ3v) is 4.33. The number of aliphatic hydroxyl groups is 1. The molecule has 0 saturated heterocycles. The maximum atomic E-state index is 9.01. The molecule has 1 fully saturated rings. The molecule has 1 aliphatic rings. The van der Waals surface area contributed by atoms with Crippen LogP contribution in [0.15, 0.2) is 0 Å². The molecule has 0 bridgehead atoms. The van der Waals surface area contributed by atoms with Crippen molar-refractivity contribution in [2.75, 3.05) is 26.7 Å². The van der Waals surface area contributed by atoms with E-state index in [4.69, 9.17) is 5.11 Å². The third kappa shape index (κ3) is 5.25. The van der Waals surface area contributed by atoms with E-state index in [2.05, 4.69) is 31.1 Å². The number of hydrogen-bond donors (Lipinski definition) is 2. The van der Waals surface area contributed by atoms with Crippen molar-refractivity contribution in [3.05, 3.63) is 0 Å². The molecule has 3 nitrogen and oxygen atoms in total. The summed E-state index contributed by atoms with van der Waals surface area (Å²) in [6.45, 7) is 7.05. The lowest BCUT2D eigenvalue weighted by molar-refractivity contribution is 0.148. The first-order valence-electron chi connectivity index (χ1n) is 7.71. The number of rotatable bonds is 7. The Kier molecular flexibility index (Phi) is 7.87. The molecule has 0 radical (unpaired) electrons. The number of hydrogen-bond acceptors (Lipinski definition) is 3. The SMILES string of the molecule is CNC1CCCCCC1CN(CCCO)C(C)C. The van der Waals surface area contributed by atoms with Crippen LogP contribution in [0.3, 0.4) is 0 Å². The van der Waals surface area contributed by atoms with E-state index in [1.807, 2.05) is 0 Å². The van der Waals surface area contributed by atoms with Gasteiger partial charge < -0.3 is 15.3 Å². The van der Waals surface area contributed by atoms with Gasteiger partial charge in [0.25, 0.3) is 0 Å². The summed E-state index contributed by atoms with van der Waals surface area (Å²) in [6.07, 6.45) is 7.73. The summed E-state index contributed by atoms with van der Waals surface area (Å²) in [7, 11) is 2.11. The zero-order chi connectivity index (χ0) is 13.4. The lowest BCUT2D eigenvalue weighted by Gasteiger charge is -2.33. The van der Waals surface area contributed by atoms with E-state index in [1.54, 1.807) is 0 Å². The fourth-order valence-electron chi connectivity index (χ4n) is 3.12. The molecule has 18 heavy (non-hydrogen) atoms. The Balaban J connectivity index is 2.52. The van der Waals surface area contributed by atoms with Gasteiger partial charge in [-0.2, -0.15) is 0 Å². The molecule has 0 aromatic carbocycles. The highest BCUT2D eigenvalue weighted by Gasteiger charge is 2.25. The maximum Gasteiger partial charge on any atom is 0.0443 e. The van der Waals surface area contributed by atoms with E-state index in [1.165, 1.54) is 38.6 Å². The van der Waals surface area contributed by atoms with Gasteiger partial charge in [-0.1, -0.05) is 19.3 Å². The summed E-state index contributed by atoms with van der Waals surface area (Å²) in [6, 6.07) is 1.26. The number of aliphatic hydroxyl groups excluding tert-OH is 1. The van der Waals surface area contributed by atoms with Crippen molar-refractivity contribution in [3.63, 3.8) is 0 Å². The molecule has 0 aromatic rings. The van der Waals surface area contributed by atoms with Crippen LogP contribution in [0.5, 0.6) is 0 Å². The number of nitrogens with zero attached hydrogens (tertiary/aromatic N) is 1. The summed E-state index contributed by atoms with van der Waals surface area (Å²) in [5, 5.41) is 12.5. The van der Waals surface area contributed by atoms with E-state index in [-0.39, 0.29) is 0 Å². The second-order valence-electron chi connectivity index (χ2n) is 5.96. The van der Waals surface area contributed by atoms with Gasteiger partial charge in [0, 0.05) is 31.8 Å². The minimum atomic E-state index is 0.309. The molecule has 0 amide bonds. The van der Waals surface area contributed by atoms with Gasteiger partial charge >= 0.3 is 0 Å². The summed E-state index contributed by atoms with van der Waals surface area (Å²) in [4.78, 5) is 2.54. The van der Waals surface area contributed by atoms with Crippen molar-refractivity contribution in [2.45, 2.75) is 64.5 Å². The van der Waals surface area contributed by atoms with Gasteiger partial charge in [0.15, 0.2) is 0 Å². The van der Waals surface area contributed by atoms with Crippen molar-refractivity contribution >= 4 is 0 Å². The van der Waals surface area contributed by atoms with E-state index < -0.39 is 0 Å². The summed E-state index contributed by atoms with van der Waals surface area (Å²) < 4.78 is 0. The molecule has 2 unspecified atom stereocenters. The van der Waals surface area contributed by atoms with E-state index in [0.29, 0.717) is 18.7 Å². The van der Waals surface area contributed by atoms with Crippen molar-refractivity contribution in [3.8, 4) is 0 Å². The average molecular weight is 256 g/mol.